The second-order valence-electron chi connectivity index (χ2n) is 5.55. The van der Waals surface area contributed by atoms with Crippen molar-refractivity contribution in [3.8, 4) is 0 Å². The molecule has 0 aromatic rings. The van der Waals surface area contributed by atoms with Crippen LogP contribution in [0.1, 0.15) is 39.0 Å². The van der Waals surface area contributed by atoms with Gasteiger partial charge in [0.05, 0.1) is 6.54 Å². The number of nitrogens with zero attached hydrogens (tertiary/aromatic N) is 1. The highest BCUT2D eigenvalue weighted by Gasteiger charge is 2.11. The Balaban J connectivity index is 2.36. The first-order chi connectivity index (χ1) is 9.76. The lowest BCUT2D eigenvalue weighted by Crippen LogP contribution is -2.42. The van der Waals surface area contributed by atoms with Crippen molar-refractivity contribution >= 4 is 12.1 Å². The number of carbonyl (C=O) groups is 2. The molecule has 1 heterocycles. The normalized spacial score (nSPS) is 23.6. The average Bonchev–Trinajstić information content (AvgIpc) is 2.43. The van der Waals surface area contributed by atoms with Crippen LogP contribution in [-0.4, -0.2) is 56.4 Å². The molecule has 0 bridgehead atoms. The van der Waals surface area contributed by atoms with Gasteiger partial charge in [-0.1, -0.05) is 6.92 Å². The van der Waals surface area contributed by atoms with E-state index in [1.807, 2.05) is 6.92 Å². The van der Waals surface area contributed by atoms with Crippen LogP contribution < -0.4 is 10.6 Å². The summed E-state index contributed by atoms with van der Waals surface area (Å²) in [4.78, 5) is 24.4. The molecule has 20 heavy (non-hydrogen) atoms. The van der Waals surface area contributed by atoms with Crippen LogP contribution in [-0.2, 0) is 9.59 Å². The highest BCUT2D eigenvalue weighted by atomic mass is 16.1. The molecule has 0 amide bonds. The first kappa shape index (κ1) is 17.3. The van der Waals surface area contributed by atoms with Crippen molar-refractivity contribution in [2.45, 2.75) is 39.0 Å². The molecular weight excluding hydrogens is 254 g/mol. The van der Waals surface area contributed by atoms with E-state index in [1.54, 1.807) is 0 Å². The average molecular weight is 283 g/mol. The summed E-state index contributed by atoms with van der Waals surface area (Å²) in [5, 5.41) is 6.82. The quantitative estimate of drug-likeness (QED) is 0.731. The highest BCUT2D eigenvalue weighted by Crippen LogP contribution is 2.13. The van der Waals surface area contributed by atoms with Crippen LogP contribution in [0.4, 0.5) is 0 Å². The van der Waals surface area contributed by atoms with Crippen LogP contribution in [0, 0.1) is 5.92 Å². The highest BCUT2D eigenvalue weighted by molar-refractivity contribution is 5.80. The zero-order valence-corrected chi connectivity index (χ0v) is 12.7. The van der Waals surface area contributed by atoms with Gasteiger partial charge in [-0.2, -0.15) is 0 Å². The van der Waals surface area contributed by atoms with Gasteiger partial charge < -0.3 is 15.4 Å². The van der Waals surface area contributed by atoms with Gasteiger partial charge in [0.25, 0.3) is 0 Å². The number of Topliss-reactive ketones (excluding diaryl/α,β-unsaturated/α-hetero) is 1. The fourth-order valence-corrected chi connectivity index (χ4v) is 2.51. The molecule has 1 atom stereocenters. The molecule has 1 rings (SSSR count). The zero-order valence-electron chi connectivity index (χ0n) is 12.7. The second kappa shape index (κ2) is 10.9. The molecule has 116 valence electrons. The summed E-state index contributed by atoms with van der Waals surface area (Å²) < 4.78 is 0. The van der Waals surface area contributed by atoms with Gasteiger partial charge in [0.1, 0.15) is 12.1 Å². The largest absolute Gasteiger partial charge is 0.315 e. The Labute approximate surface area is 122 Å². The SMILES string of the molecule is CCC(=O)CN1CCNCCC(CC=O)CCCNC1. The summed E-state index contributed by atoms with van der Waals surface area (Å²) in [5.41, 5.74) is 0. The molecular formula is C15H29N3O2. The Bertz CT molecular complexity index is 270. The number of aldehydes is 1. The minimum absolute atomic E-state index is 0.296. The van der Waals surface area contributed by atoms with Crippen molar-refractivity contribution < 1.29 is 9.59 Å². The van der Waals surface area contributed by atoms with Crippen molar-refractivity contribution in [3.63, 3.8) is 0 Å². The summed E-state index contributed by atoms with van der Waals surface area (Å²) in [6.07, 6.45) is 5.58. The first-order valence-electron chi connectivity index (χ1n) is 7.85. The lowest BCUT2D eigenvalue weighted by atomic mass is 9.96. The fraction of sp³-hybridized carbons (Fsp3) is 0.867. The molecule has 5 heteroatoms. The fourth-order valence-electron chi connectivity index (χ4n) is 2.51. The molecule has 0 saturated carbocycles. The van der Waals surface area contributed by atoms with Crippen LogP contribution in [0.5, 0.6) is 0 Å². The Morgan fingerprint density at radius 2 is 2.10 bits per heavy atom. The molecule has 1 aliphatic rings. The van der Waals surface area contributed by atoms with Crippen molar-refractivity contribution in [2.24, 2.45) is 5.92 Å². The zero-order chi connectivity index (χ0) is 14.6. The molecule has 1 unspecified atom stereocenters. The molecule has 0 spiro atoms. The van der Waals surface area contributed by atoms with E-state index in [1.165, 1.54) is 0 Å². The Kier molecular flexibility index (Phi) is 9.45. The van der Waals surface area contributed by atoms with Gasteiger partial charge in [0, 0.05) is 32.6 Å². The predicted molar refractivity (Wildman–Crippen MR) is 80.6 cm³/mol. The minimum Gasteiger partial charge on any atom is -0.315 e. The summed E-state index contributed by atoms with van der Waals surface area (Å²) >= 11 is 0. The van der Waals surface area contributed by atoms with Crippen molar-refractivity contribution in [2.75, 3.05) is 39.4 Å². The third-order valence-corrected chi connectivity index (χ3v) is 3.86. The molecule has 0 radical (unpaired) electrons. The lowest BCUT2D eigenvalue weighted by molar-refractivity contribution is -0.120. The lowest BCUT2D eigenvalue weighted by Gasteiger charge is -2.24. The van der Waals surface area contributed by atoms with Crippen molar-refractivity contribution in [1.29, 1.82) is 0 Å². The van der Waals surface area contributed by atoms with Gasteiger partial charge >= 0.3 is 0 Å². The topological polar surface area (TPSA) is 61.4 Å². The van der Waals surface area contributed by atoms with Crippen LogP contribution in [0.15, 0.2) is 0 Å². The third kappa shape index (κ3) is 7.72. The number of hydrogen-bond acceptors (Lipinski definition) is 5. The van der Waals surface area contributed by atoms with Crippen LogP contribution in [0.25, 0.3) is 0 Å². The smallest absolute Gasteiger partial charge is 0.146 e. The Morgan fingerprint density at radius 1 is 1.25 bits per heavy atom. The van der Waals surface area contributed by atoms with E-state index in [2.05, 4.69) is 15.5 Å². The van der Waals surface area contributed by atoms with E-state index in [9.17, 15) is 9.59 Å². The summed E-state index contributed by atoms with van der Waals surface area (Å²) in [7, 11) is 0. The third-order valence-electron chi connectivity index (χ3n) is 3.86. The van der Waals surface area contributed by atoms with Crippen LogP contribution in [0.2, 0.25) is 0 Å². The summed E-state index contributed by atoms with van der Waals surface area (Å²) in [6, 6.07) is 0. The molecule has 5 nitrogen and oxygen atoms in total. The molecule has 1 fully saturated rings. The van der Waals surface area contributed by atoms with E-state index < -0.39 is 0 Å². The molecule has 0 aromatic carbocycles. The number of nitrogens with one attached hydrogen (secondary N) is 2. The van der Waals surface area contributed by atoms with E-state index in [-0.39, 0.29) is 0 Å². The van der Waals surface area contributed by atoms with Crippen molar-refractivity contribution in [3.05, 3.63) is 0 Å². The van der Waals surface area contributed by atoms with E-state index in [0.29, 0.717) is 31.1 Å². The molecule has 0 aromatic heterocycles. The van der Waals surface area contributed by atoms with E-state index >= 15 is 0 Å². The van der Waals surface area contributed by atoms with Gasteiger partial charge in [-0.15, -0.1) is 0 Å². The van der Waals surface area contributed by atoms with Gasteiger partial charge in [0.2, 0.25) is 0 Å². The minimum atomic E-state index is 0.296. The van der Waals surface area contributed by atoms with Crippen LogP contribution >= 0.6 is 0 Å². The van der Waals surface area contributed by atoms with E-state index in [4.69, 9.17) is 0 Å². The van der Waals surface area contributed by atoms with Crippen molar-refractivity contribution in [1.82, 2.24) is 15.5 Å². The van der Waals surface area contributed by atoms with Gasteiger partial charge in [0.15, 0.2) is 0 Å². The Morgan fingerprint density at radius 3 is 2.85 bits per heavy atom. The maximum absolute atomic E-state index is 11.5. The second-order valence-corrected chi connectivity index (χ2v) is 5.55. The summed E-state index contributed by atoms with van der Waals surface area (Å²) in [5.74, 6) is 0.809. The standard InChI is InChI=1S/C15H29N3O2/c1-2-15(20)12-18-10-9-16-8-5-14(6-11-19)4-3-7-17-13-18/h11,14,16-17H,2-10,12-13H2,1H3. The molecule has 1 aliphatic heterocycles. The van der Waals surface area contributed by atoms with Gasteiger partial charge in [-0.25, -0.2) is 0 Å². The number of hydrogen-bond donors (Lipinski definition) is 2. The molecule has 0 aliphatic carbocycles. The maximum atomic E-state index is 11.5. The Hall–Kier alpha value is -0.780. The number of rotatable bonds is 5. The van der Waals surface area contributed by atoms with Crippen LogP contribution in [0.3, 0.4) is 0 Å². The number of carbonyl (C=O) groups excluding carboxylic acids is 2. The monoisotopic (exact) mass is 283 g/mol. The molecule has 2 N–H and O–H groups in total. The van der Waals surface area contributed by atoms with Gasteiger partial charge in [-0.05, 0) is 38.3 Å². The first-order valence-corrected chi connectivity index (χ1v) is 7.85. The summed E-state index contributed by atoms with van der Waals surface area (Å²) in [6.45, 7) is 6.92. The van der Waals surface area contributed by atoms with Gasteiger partial charge in [-0.3, -0.25) is 9.69 Å². The van der Waals surface area contributed by atoms with E-state index in [0.717, 1.165) is 58.4 Å². The molecule has 1 saturated heterocycles. The maximum Gasteiger partial charge on any atom is 0.146 e. The predicted octanol–water partition coefficient (Wildman–Crippen LogP) is 0.793. The number of ketones is 1.